The third kappa shape index (κ3) is 3.94. The summed E-state index contributed by atoms with van der Waals surface area (Å²) in [5.74, 6) is 1.70. The Morgan fingerprint density at radius 3 is 2.97 bits per heavy atom. The predicted molar refractivity (Wildman–Crippen MR) is 117 cm³/mol. The van der Waals surface area contributed by atoms with E-state index < -0.39 is 0 Å². The zero-order valence-corrected chi connectivity index (χ0v) is 17.7. The smallest absolute Gasteiger partial charge is 0.169 e. The molecule has 0 bridgehead atoms. The number of fused-ring (bicyclic) bond motifs is 1. The van der Waals surface area contributed by atoms with E-state index in [-0.39, 0.29) is 0 Å². The number of methoxy groups -OCH3 is 1. The quantitative estimate of drug-likeness (QED) is 0.460. The van der Waals surface area contributed by atoms with Gasteiger partial charge in [-0.25, -0.2) is 15.0 Å². The molecular weight excluding hydrogens is 400 g/mol. The first kappa shape index (κ1) is 18.4. The van der Waals surface area contributed by atoms with E-state index >= 15 is 0 Å². The minimum Gasteiger partial charge on any atom is -0.497 e. The molecule has 7 heteroatoms. The standard InChI is InChI=1S/C22H20N4OS2/c1-27-17-5-2-4-15(10-17)22-24-12-18(29-22)14-26-8-7-19-16(13-26)11-23-21(25-19)20-6-3-9-28-20/h2-6,9-12H,7-8,13-14H2,1H3. The maximum Gasteiger partial charge on any atom is 0.169 e. The van der Waals surface area contributed by atoms with Crippen LogP contribution in [0, 0.1) is 0 Å². The lowest BCUT2D eigenvalue weighted by Gasteiger charge is -2.27. The number of thiophene rings is 1. The van der Waals surface area contributed by atoms with Gasteiger partial charge >= 0.3 is 0 Å². The number of thiazole rings is 1. The van der Waals surface area contributed by atoms with Gasteiger partial charge in [0.05, 0.1) is 17.7 Å². The third-order valence-electron chi connectivity index (χ3n) is 5.00. The highest BCUT2D eigenvalue weighted by Gasteiger charge is 2.20. The first-order valence-electron chi connectivity index (χ1n) is 9.48. The van der Waals surface area contributed by atoms with Crippen molar-refractivity contribution in [1.29, 1.82) is 0 Å². The van der Waals surface area contributed by atoms with Crippen LogP contribution in [-0.2, 0) is 19.5 Å². The Kier molecular flexibility index (Phi) is 5.10. The molecule has 0 amide bonds. The average Bonchev–Trinajstić information content (AvgIpc) is 3.46. The van der Waals surface area contributed by atoms with Crippen LogP contribution in [0.5, 0.6) is 5.75 Å². The Hall–Kier alpha value is -2.61. The summed E-state index contributed by atoms with van der Waals surface area (Å²) in [6, 6.07) is 12.2. The largest absolute Gasteiger partial charge is 0.497 e. The van der Waals surface area contributed by atoms with Gasteiger partial charge in [0.2, 0.25) is 0 Å². The second-order valence-corrected chi connectivity index (χ2v) is 9.03. The zero-order valence-electron chi connectivity index (χ0n) is 16.0. The molecule has 1 aromatic carbocycles. The van der Waals surface area contributed by atoms with E-state index in [0.29, 0.717) is 0 Å². The lowest BCUT2D eigenvalue weighted by molar-refractivity contribution is 0.245. The molecule has 0 unspecified atom stereocenters. The first-order chi connectivity index (χ1) is 14.3. The Bertz CT molecular complexity index is 1120. The van der Waals surface area contributed by atoms with Gasteiger partial charge in [-0.3, -0.25) is 4.90 Å². The number of benzene rings is 1. The number of ether oxygens (including phenoxy) is 1. The highest BCUT2D eigenvalue weighted by Crippen LogP contribution is 2.30. The number of aromatic nitrogens is 3. The van der Waals surface area contributed by atoms with Crippen LogP contribution in [0.3, 0.4) is 0 Å². The summed E-state index contributed by atoms with van der Waals surface area (Å²) in [5, 5.41) is 3.09. The molecule has 0 radical (unpaired) electrons. The molecule has 0 saturated heterocycles. The van der Waals surface area contributed by atoms with Crippen LogP contribution in [0.15, 0.2) is 54.2 Å². The molecule has 0 saturated carbocycles. The van der Waals surface area contributed by atoms with Crippen molar-refractivity contribution in [2.45, 2.75) is 19.5 Å². The predicted octanol–water partition coefficient (Wildman–Crippen LogP) is 4.90. The van der Waals surface area contributed by atoms with Crippen molar-refractivity contribution in [3.63, 3.8) is 0 Å². The summed E-state index contributed by atoms with van der Waals surface area (Å²) in [4.78, 5) is 18.9. The molecule has 3 aromatic heterocycles. The van der Waals surface area contributed by atoms with Crippen molar-refractivity contribution in [3.8, 4) is 27.0 Å². The fraction of sp³-hybridized carbons (Fsp3) is 0.227. The molecule has 5 rings (SSSR count). The van der Waals surface area contributed by atoms with E-state index in [2.05, 4.69) is 32.4 Å². The van der Waals surface area contributed by atoms with Crippen LogP contribution in [0.25, 0.3) is 21.3 Å². The van der Waals surface area contributed by atoms with Gasteiger partial charge in [0.1, 0.15) is 10.8 Å². The van der Waals surface area contributed by atoms with Crippen LogP contribution in [0.1, 0.15) is 16.1 Å². The highest BCUT2D eigenvalue weighted by molar-refractivity contribution is 7.15. The van der Waals surface area contributed by atoms with Gasteiger partial charge in [0, 0.05) is 54.5 Å². The third-order valence-corrected chi connectivity index (χ3v) is 6.90. The van der Waals surface area contributed by atoms with Gasteiger partial charge in [-0.15, -0.1) is 22.7 Å². The Labute approximate surface area is 177 Å². The summed E-state index contributed by atoms with van der Waals surface area (Å²) in [5.41, 5.74) is 3.51. The van der Waals surface area contributed by atoms with Gasteiger partial charge in [-0.05, 0) is 23.6 Å². The van der Waals surface area contributed by atoms with Crippen molar-refractivity contribution < 1.29 is 4.74 Å². The fourth-order valence-corrected chi connectivity index (χ4v) is 5.14. The molecule has 146 valence electrons. The number of hydrogen-bond donors (Lipinski definition) is 0. The minimum absolute atomic E-state index is 0.845. The normalized spacial score (nSPS) is 14.0. The summed E-state index contributed by atoms with van der Waals surface area (Å²) in [6.45, 7) is 2.78. The SMILES string of the molecule is COc1cccc(-c2ncc(CN3CCc4nc(-c5cccs5)ncc4C3)s2)c1. The monoisotopic (exact) mass is 420 g/mol. The summed E-state index contributed by atoms with van der Waals surface area (Å²) in [7, 11) is 1.69. The van der Waals surface area contributed by atoms with Gasteiger partial charge in [0.15, 0.2) is 5.82 Å². The molecule has 0 aliphatic carbocycles. The molecule has 0 spiro atoms. The first-order valence-corrected chi connectivity index (χ1v) is 11.2. The van der Waals surface area contributed by atoms with E-state index in [0.717, 1.165) is 53.1 Å². The molecule has 0 fully saturated rings. The average molecular weight is 421 g/mol. The lowest BCUT2D eigenvalue weighted by atomic mass is 10.1. The fourth-order valence-electron chi connectivity index (χ4n) is 3.52. The molecule has 29 heavy (non-hydrogen) atoms. The maximum atomic E-state index is 5.33. The van der Waals surface area contributed by atoms with E-state index in [1.165, 1.54) is 16.1 Å². The topological polar surface area (TPSA) is 51.1 Å². The number of hydrogen-bond acceptors (Lipinski definition) is 7. The molecule has 4 heterocycles. The van der Waals surface area contributed by atoms with Crippen LogP contribution in [-0.4, -0.2) is 33.5 Å². The molecule has 1 aliphatic heterocycles. The summed E-state index contributed by atoms with van der Waals surface area (Å²) in [6.07, 6.45) is 4.95. The van der Waals surface area contributed by atoms with Gasteiger partial charge in [-0.1, -0.05) is 18.2 Å². The van der Waals surface area contributed by atoms with E-state index in [9.17, 15) is 0 Å². The second kappa shape index (κ2) is 8.02. The summed E-state index contributed by atoms with van der Waals surface area (Å²) < 4.78 is 5.33. The van der Waals surface area contributed by atoms with Crippen molar-refractivity contribution in [1.82, 2.24) is 19.9 Å². The Morgan fingerprint density at radius 1 is 1.14 bits per heavy atom. The van der Waals surface area contributed by atoms with Crippen LogP contribution >= 0.6 is 22.7 Å². The molecule has 4 aromatic rings. The zero-order chi connectivity index (χ0) is 19.6. The van der Waals surface area contributed by atoms with Crippen molar-refractivity contribution in [2.75, 3.05) is 13.7 Å². The van der Waals surface area contributed by atoms with Crippen molar-refractivity contribution >= 4 is 22.7 Å². The van der Waals surface area contributed by atoms with Gasteiger partial charge < -0.3 is 4.74 Å². The molecular formula is C22H20N4OS2. The van der Waals surface area contributed by atoms with E-state index in [1.54, 1.807) is 29.8 Å². The number of rotatable bonds is 5. The minimum atomic E-state index is 0.845. The molecule has 1 aliphatic rings. The Balaban J connectivity index is 1.29. The Morgan fingerprint density at radius 2 is 2.10 bits per heavy atom. The molecule has 0 atom stereocenters. The second-order valence-electron chi connectivity index (χ2n) is 6.97. The van der Waals surface area contributed by atoms with Crippen LogP contribution < -0.4 is 4.74 Å². The van der Waals surface area contributed by atoms with Crippen molar-refractivity contribution in [2.24, 2.45) is 0 Å². The highest BCUT2D eigenvalue weighted by atomic mass is 32.1. The van der Waals surface area contributed by atoms with Crippen LogP contribution in [0.2, 0.25) is 0 Å². The molecule has 5 nitrogen and oxygen atoms in total. The van der Waals surface area contributed by atoms with E-state index in [1.807, 2.05) is 36.7 Å². The van der Waals surface area contributed by atoms with E-state index in [4.69, 9.17) is 9.72 Å². The summed E-state index contributed by atoms with van der Waals surface area (Å²) >= 11 is 3.43. The maximum absolute atomic E-state index is 5.33. The van der Waals surface area contributed by atoms with Crippen molar-refractivity contribution in [3.05, 3.63) is 70.3 Å². The lowest BCUT2D eigenvalue weighted by Crippen LogP contribution is -2.30. The van der Waals surface area contributed by atoms with Gasteiger partial charge in [-0.2, -0.15) is 0 Å². The van der Waals surface area contributed by atoms with Crippen LogP contribution in [0.4, 0.5) is 0 Å². The van der Waals surface area contributed by atoms with Gasteiger partial charge in [0.25, 0.3) is 0 Å². The number of nitrogens with zero attached hydrogens (tertiary/aromatic N) is 4. The molecule has 0 N–H and O–H groups in total.